The Hall–Kier alpha value is -1.75. The summed E-state index contributed by atoms with van der Waals surface area (Å²) in [5.41, 5.74) is 1.13. The Morgan fingerprint density at radius 1 is 1.10 bits per heavy atom. The molecular formula is C22H38IN5O3. The number of benzene rings is 1. The average Bonchev–Trinajstić information content (AvgIpc) is 2.77. The van der Waals surface area contributed by atoms with Gasteiger partial charge in [-0.15, -0.1) is 24.0 Å². The van der Waals surface area contributed by atoms with E-state index in [0.717, 1.165) is 75.3 Å². The van der Waals surface area contributed by atoms with Gasteiger partial charge in [0.25, 0.3) is 0 Å². The molecule has 0 aromatic heterocycles. The number of nitrogens with one attached hydrogen (secondary N) is 2. The summed E-state index contributed by atoms with van der Waals surface area (Å²) < 4.78 is 10.9. The number of methoxy groups -OCH3 is 2. The Morgan fingerprint density at radius 3 is 2.45 bits per heavy atom. The second-order valence-electron chi connectivity index (χ2n) is 7.28. The minimum atomic E-state index is 0. The molecule has 0 saturated carbocycles. The number of hydrogen-bond acceptors (Lipinski definition) is 5. The van der Waals surface area contributed by atoms with Crippen molar-refractivity contribution in [2.75, 3.05) is 60.0 Å². The summed E-state index contributed by atoms with van der Waals surface area (Å²) in [4.78, 5) is 21.1. The molecule has 0 bridgehead atoms. The predicted molar refractivity (Wildman–Crippen MR) is 136 cm³/mol. The predicted octanol–water partition coefficient (Wildman–Crippen LogP) is 2.32. The fourth-order valence-corrected chi connectivity index (χ4v) is 3.41. The molecule has 31 heavy (non-hydrogen) atoms. The van der Waals surface area contributed by atoms with Crippen molar-refractivity contribution in [1.29, 1.82) is 0 Å². The Bertz CT molecular complexity index is 694. The second kappa shape index (κ2) is 15.1. The van der Waals surface area contributed by atoms with Crippen LogP contribution in [0, 0.1) is 0 Å². The lowest BCUT2D eigenvalue weighted by molar-refractivity contribution is -0.120. The topological polar surface area (TPSA) is 78.4 Å². The maximum atomic E-state index is 11.8. The third-order valence-electron chi connectivity index (χ3n) is 5.06. The fourth-order valence-electron chi connectivity index (χ4n) is 3.41. The molecule has 1 aromatic carbocycles. The third-order valence-corrected chi connectivity index (χ3v) is 5.06. The zero-order chi connectivity index (χ0) is 21.8. The molecule has 0 atom stereocenters. The van der Waals surface area contributed by atoms with E-state index in [4.69, 9.17) is 9.47 Å². The van der Waals surface area contributed by atoms with Crippen molar-refractivity contribution in [3.8, 4) is 11.5 Å². The van der Waals surface area contributed by atoms with Gasteiger partial charge in [0.1, 0.15) is 11.5 Å². The second-order valence-corrected chi connectivity index (χ2v) is 7.28. The van der Waals surface area contributed by atoms with Crippen molar-refractivity contribution >= 4 is 35.8 Å². The van der Waals surface area contributed by atoms with Gasteiger partial charge in [0.05, 0.1) is 20.8 Å². The number of ether oxygens (including phenoxy) is 2. The summed E-state index contributed by atoms with van der Waals surface area (Å²) >= 11 is 0. The molecule has 2 rings (SSSR count). The number of nitrogens with zero attached hydrogens (tertiary/aromatic N) is 3. The van der Waals surface area contributed by atoms with Gasteiger partial charge in [-0.05, 0) is 31.5 Å². The Balaban J connectivity index is 0.00000480. The van der Waals surface area contributed by atoms with Crippen molar-refractivity contribution in [1.82, 2.24) is 20.4 Å². The number of guanidine groups is 1. The Kier molecular flexibility index (Phi) is 13.3. The van der Waals surface area contributed by atoms with Gasteiger partial charge in [-0.1, -0.05) is 6.92 Å². The summed E-state index contributed by atoms with van der Waals surface area (Å²) in [6, 6.07) is 5.92. The van der Waals surface area contributed by atoms with Gasteiger partial charge in [-0.3, -0.25) is 14.7 Å². The number of carbonyl (C=O) groups is 1. The standard InChI is InChI=1S/C22H37N5O3.HI/c1-5-10-24-21(28)9-11-25-22(23-6-2)27-14-12-26(13-15-27)17-18-16-19(29-3)7-8-20(18)30-4;/h7-8,16H,5-6,9-15,17H2,1-4H3,(H,23,25)(H,24,28);1H. The number of carbonyl (C=O) groups excluding carboxylic acids is 1. The maximum Gasteiger partial charge on any atom is 0.221 e. The van der Waals surface area contributed by atoms with Crippen LogP contribution in [0.4, 0.5) is 0 Å². The molecule has 176 valence electrons. The average molecular weight is 547 g/mol. The zero-order valence-electron chi connectivity index (χ0n) is 19.3. The molecule has 1 amide bonds. The molecule has 1 aromatic rings. The summed E-state index contributed by atoms with van der Waals surface area (Å²) in [6.07, 6.45) is 1.37. The molecule has 1 heterocycles. The quantitative estimate of drug-likeness (QED) is 0.266. The number of rotatable bonds is 10. The van der Waals surface area contributed by atoms with E-state index in [1.807, 2.05) is 25.1 Å². The van der Waals surface area contributed by atoms with Crippen molar-refractivity contribution in [3.05, 3.63) is 23.8 Å². The van der Waals surface area contributed by atoms with Crippen LogP contribution in [-0.4, -0.2) is 81.7 Å². The van der Waals surface area contributed by atoms with Gasteiger partial charge in [-0.2, -0.15) is 0 Å². The van der Waals surface area contributed by atoms with Crippen LogP contribution in [0.1, 0.15) is 32.3 Å². The van der Waals surface area contributed by atoms with Gasteiger partial charge >= 0.3 is 0 Å². The molecule has 2 N–H and O–H groups in total. The van der Waals surface area contributed by atoms with E-state index in [2.05, 4.69) is 32.3 Å². The summed E-state index contributed by atoms with van der Waals surface area (Å²) in [5, 5.41) is 6.25. The smallest absolute Gasteiger partial charge is 0.221 e. The van der Waals surface area contributed by atoms with E-state index in [0.29, 0.717) is 13.0 Å². The number of piperazine rings is 1. The molecule has 1 aliphatic heterocycles. The largest absolute Gasteiger partial charge is 0.497 e. The highest BCUT2D eigenvalue weighted by Crippen LogP contribution is 2.25. The van der Waals surface area contributed by atoms with E-state index in [1.54, 1.807) is 14.2 Å². The molecule has 1 aliphatic rings. The van der Waals surface area contributed by atoms with Crippen LogP contribution in [-0.2, 0) is 11.3 Å². The number of halogens is 1. The highest BCUT2D eigenvalue weighted by Gasteiger charge is 2.21. The molecule has 0 unspecified atom stereocenters. The van der Waals surface area contributed by atoms with Crippen LogP contribution in [0.2, 0.25) is 0 Å². The highest BCUT2D eigenvalue weighted by molar-refractivity contribution is 14.0. The van der Waals surface area contributed by atoms with Crippen LogP contribution >= 0.6 is 24.0 Å². The van der Waals surface area contributed by atoms with Gasteiger partial charge in [0.2, 0.25) is 5.91 Å². The van der Waals surface area contributed by atoms with E-state index >= 15 is 0 Å². The maximum absolute atomic E-state index is 11.8. The van der Waals surface area contributed by atoms with Crippen molar-refractivity contribution in [3.63, 3.8) is 0 Å². The molecule has 0 aliphatic carbocycles. The van der Waals surface area contributed by atoms with E-state index < -0.39 is 0 Å². The Labute approximate surface area is 203 Å². The summed E-state index contributed by atoms with van der Waals surface area (Å²) in [5.74, 6) is 2.68. The van der Waals surface area contributed by atoms with E-state index in [9.17, 15) is 4.79 Å². The minimum Gasteiger partial charge on any atom is -0.497 e. The summed E-state index contributed by atoms with van der Waals surface area (Å²) in [7, 11) is 3.38. The molecule has 8 nitrogen and oxygen atoms in total. The first-order valence-electron chi connectivity index (χ1n) is 10.8. The first-order valence-corrected chi connectivity index (χ1v) is 10.8. The van der Waals surface area contributed by atoms with Crippen molar-refractivity contribution in [2.24, 2.45) is 4.99 Å². The van der Waals surface area contributed by atoms with Gasteiger partial charge in [-0.25, -0.2) is 0 Å². The number of hydrogen-bond donors (Lipinski definition) is 2. The Morgan fingerprint density at radius 2 is 1.84 bits per heavy atom. The normalized spacial score (nSPS) is 14.6. The molecule has 0 spiro atoms. The summed E-state index contributed by atoms with van der Waals surface area (Å²) in [6.45, 7) is 10.6. The van der Waals surface area contributed by atoms with Gasteiger partial charge in [0, 0.05) is 57.8 Å². The van der Waals surface area contributed by atoms with E-state index in [-0.39, 0.29) is 29.9 Å². The lowest BCUT2D eigenvalue weighted by Crippen LogP contribution is -2.52. The van der Waals surface area contributed by atoms with Gasteiger partial charge in [0.15, 0.2) is 5.96 Å². The number of aliphatic imine (C=N–C) groups is 1. The molecule has 1 saturated heterocycles. The first-order chi connectivity index (χ1) is 14.6. The molecule has 9 heteroatoms. The van der Waals surface area contributed by atoms with Gasteiger partial charge < -0.3 is 25.0 Å². The molecular weight excluding hydrogens is 509 g/mol. The van der Waals surface area contributed by atoms with Crippen LogP contribution in [0.15, 0.2) is 23.2 Å². The van der Waals surface area contributed by atoms with Crippen LogP contribution in [0.5, 0.6) is 11.5 Å². The first kappa shape index (κ1) is 27.3. The lowest BCUT2D eigenvalue weighted by Gasteiger charge is -2.36. The highest BCUT2D eigenvalue weighted by atomic mass is 127. The SMILES string of the molecule is CCCNC(=O)CCN=C(NCC)N1CCN(Cc2cc(OC)ccc2OC)CC1.I. The molecule has 0 radical (unpaired) electrons. The minimum absolute atomic E-state index is 0. The van der Waals surface area contributed by atoms with Crippen LogP contribution in [0.3, 0.4) is 0 Å². The van der Waals surface area contributed by atoms with E-state index in [1.165, 1.54) is 0 Å². The van der Waals surface area contributed by atoms with Crippen LogP contribution < -0.4 is 20.1 Å². The molecule has 1 fully saturated rings. The van der Waals surface area contributed by atoms with Crippen LogP contribution in [0.25, 0.3) is 0 Å². The monoisotopic (exact) mass is 547 g/mol. The number of amides is 1. The fraction of sp³-hybridized carbons (Fsp3) is 0.636. The third kappa shape index (κ3) is 9.10. The zero-order valence-corrected chi connectivity index (χ0v) is 21.6. The van der Waals surface area contributed by atoms with Crippen molar-refractivity contribution in [2.45, 2.75) is 33.2 Å². The lowest BCUT2D eigenvalue weighted by atomic mass is 10.1. The van der Waals surface area contributed by atoms with Crippen molar-refractivity contribution < 1.29 is 14.3 Å².